The van der Waals surface area contributed by atoms with Crippen molar-refractivity contribution in [1.82, 2.24) is 0 Å². The van der Waals surface area contributed by atoms with Crippen LogP contribution >= 0.6 is 0 Å². The topological polar surface area (TPSA) is 61.8 Å². The van der Waals surface area contributed by atoms with Gasteiger partial charge in [0.25, 0.3) is 0 Å². The van der Waals surface area contributed by atoms with Gasteiger partial charge in [0, 0.05) is 26.1 Å². The van der Waals surface area contributed by atoms with Gasteiger partial charge in [-0.1, -0.05) is 149 Å². The number of ketones is 2. The summed E-state index contributed by atoms with van der Waals surface area (Å²) in [6.07, 6.45) is 2.19. The van der Waals surface area contributed by atoms with Gasteiger partial charge < -0.3 is 14.2 Å². The fourth-order valence-corrected chi connectivity index (χ4v) is 7.36. The molecule has 0 aliphatic heterocycles. The van der Waals surface area contributed by atoms with Crippen molar-refractivity contribution in [2.24, 2.45) is 11.8 Å². The van der Waals surface area contributed by atoms with E-state index in [0.29, 0.717) is 65.3 Å². The van der Waals surface area contributed by atoms with Gasteiger partial charge in [0.2, 0.25) is 0 Å². The fourth-order valence-electron chi connectivity index (χ4n) is 7.36. The predicted molar refractivity (Wildman–Crippen MR) is 198 cm³/mol. The minimum absolute atomic E-state index is 0.0963. The highest BCUT2D eigenvalue weighted by Crippen LogP contribution is 2.42. The first kappa shape index (κ1) is 37.9. The molecule has 260 valence electrons. The van der Waals surface area contributed by atoms with E-state index in [-0.39, 0.29) is 23.4 Å². The summed E-state index contributed by atoms with van der Waals surface area (Å²) in [6.45, 7) is 11.4. The summed E-state index contributed by atoms with van der Waals surface area (Å²) in [4.78, 5) is 27.8. The maximum absolute atomic E-state index is 13.9. The number of carbonyl (C=O) groups excluding carboxylic acids is 2. The molecule has 0 radical (unpaired) electrons. The van der Waals surface area contributed by atoms with Gasteiger partial charge in [-0.2, -0.15) is 0 Å². The minimum Gasteiger partial charge on any atom is -0.379 e. The molecule has 0 atom stereocenters. The molecule has 0 amide bonds. The molecule has 0 N–H and O–H groups in total. The average Bonchev–Trinajstić information content (AvgIpc) is 3.12. The normalized spacial score (nSPS) is 12.0. The van der Waals surface area contributed by atoms with Crippen molar-refractivity contribution in [3.8, 4) is 0 Å². The van der Waals surface area contributed by atoms with E-state index in [0.717, 1.165) is 22.3 Å². The van der Waals surface area contributed by atoms with E-state index >= 15 is 0 Å². The Bertz CT molecular complexity index is 1320. The summed E-state index contributed by atoms with van der Waals surface area (Å²) < 4.78 is 17.3. The zero-order chi connectivity index (χ0) is 35.0. The van der Waals surface area contributed by atoms with Gasteiger partial charge in [0.1, 0.15) is 11.6 Å². The van der Waals surface area contributed by atoms with Crippen molar-refractivity contribution in [2.45, 2.75) is 64.2 Å². The smallest absolute Gasteiger partial charge is 0.148 e. The number of hydrogen-bond donors (Lipinski definition) is 0. The second kappa shape index (κ2) is 19.3. The maximum Gasteiger partial charge on any atom is 0.148 e. The molecular weight excluding hydrogens is 608 g/mol. The van der Waals surface area contributed by atoms with E-state index in [9.17, 15) is 9.59 Å². The summed E-state index contributed by atoms with van der Waals surface area (Å²) in [5.41, 5.74) is 2.75. The molecule has 5 heteroatoms. The third kappa shape index (κ3) is 9.21. The van der Waals surface area contributed by atoms with E-state index in [1.165, 1.54) is 0 Å². The Balaban J connectivity index is 1.14. The van der Waals surface area contributed by atoms with Crippen LogP contribution in [0.15, 0.2) is 121 Å². The largest absolute Gasteiger partial charge is 0.379 e. The molecule has 4 aromatic rings. The molecule has 5 nitrogen and oxygen atoms in total. The first-order chi connectivity index (χ1) is 23.9. The number of Topliss-reactive ketones (excluding diaryl/α,β-unsaturated/α-hetero) is 2. The number of hydrogen-bond acceptors (Lipinski definition) is 5. The third-order valence-electron chi connectivity index (χ3n) is 9.66. The SMILES string of the molecule is CC(C)C(C(=O)CCCOCCOCCOCCCC(=O)C(c1ccccc1)(c1ccccc1)C(C)C)(c1ccccc1)c1ccccc1. The summed E-state index contributed by atoms with van der Waals surface area (Å²) >= 11 is 0. The van der Waals surface area contributed by atoms with Crippen LogP contribution < -0.4 is 0 Å². The Kier molecular flexibility index (Phi) is 15.0. The quantitative estimate of drug-likeness (QED) is 0.0786. The Morgan fingerprint density at radius 1 is 0.429 bits per heavy atom. The van der Waals surface area contributed by atoms with Gasteiger partial charge >= 0.3 is 0 Å². The summed E-state index contributed by atoms with van der Waals surface area (Å²) in [7, 11) is 0. The molecule has 0 saturated heterocycles. The van der Waals surface area contributed by atoms with Gasteiger partial charge in [-0.05, 0) is 46.9 Å². The summed E-state index contributed by atoms with van der Waals surface area (Å²) in [6, 6.07) is 40.6. The van der Waals surface area contributed by atoms with Crippen LogP contribution in [0.25, 0.3) is 0 Å². The molecule has 4 rings (SSSR count). The van der Waals surface area contributed by atoms with Crippen LogP contribution in [0.2, 0.25) is 0 Å². The molecule has 0 aliphatic carbocycles. The van der Waals surface area contributed by atoms with Crippen LogP contribution in [-0.4, -0.2) is 51.2 Å². The van der Waals surface area contributed by atoms with Crippen LogP contribution in [0.1, 0.15) is 75.6 Å². The van der Waals surface area contributed by atoms with E-state index in [2.05, 4.69) is 76.2 Å². The summed E-state index contributed by atoms with van der Waals surface area (Å²) in [5.74, 6) is 0.625. The fraction of sp³-hybridized carbons (Fsp3) is 0.409. The Hall–Kier alpha value is -3.90. The van der Waals surface area contributed by atoms with E-state index in [1.807, 2.05) is 72.8 Å². The lowest BCUT2D eigenvalue weighted by Gasteiger charge is -2.37. The van der Waals surface area contributed by atoms with Gasteiger partial charge in [-0.15, -0.1) is 0 Å². The molecule has 0 bridgehead atoms. The predicted octanol–water partition coefficient (Wildman–Crippen LogP) is 9.02. The van der Waals surface area contributed by atoms with Crippen molar-refractivity contribution in [2.75, 3.05) is 39.6 Å². The Morgan fingerprint density at radius 3 is 0.918 bits per heavy atom. The number of ether oxygens (including phenoxy) is 3. The molecule has 0 saturated carbocycles. The van der Waals surface area contributed by atoms with Gasteiger partial charge in [-0.3, -0.25) is 9.59 Å². The molecule has 49 heavy (non-hydrogen) atoms. The van der Waals surface area contributed by atoms with E-state index < -0.39 is 10.8 Å². The van der Waals surface area contributed by atoms with Crippen molar-refractivity contribution in [3.05, 3.63) is 144 Å². The molecule has 0 spiro atoms. The van der Waals surface area contributed by atoms with E-state index in [4.69, 9.17) is 14.2 Å². The molecule has 0 aromatic heterocycles. The maximum atomic E-state index is 13.9. The Labute approximate surface area is 294 Å². The second-order valence-corrected chi connectivity index (χ2v) is 13.3. The number of benzene rings is 4. The first-order valence-electron chi connectivity index (χ1n) is 17.9. The lowest BCUT2D eigenvalue weighted by atomic mass is 9.63. The number of carbonyl (C=O) groups is 2. The summed E-state index contributed by atoms with van der Waals surface area (Å²) in [5, 5.41) is 0. The zero-order valence-corrected chi connectivity index (χ0v) is 29.8. The Morgan fingerprint density at radius 2 is 0.673 bits per heavy atom. The molecule has 4 aromatic carbocycles. The van der Waals surface area contributed by atoms with Gasteiger partial charge in [0.15, 0.2) is 0 Å². The van der Waals surface area contributed by atoms with Crippen LogP contribution in [0.5, 0.6) is 0 Å². The van der Waals surface area contributed by atoms with Crippen LogP contribution in [0.4, 0.5) is 0 Å². The van der Waals surface area contributed by atoms with Crippen LogP contribution in [-0.2, 0) is 34.6 Å². The first-order valence-corrected chi connectivity index (χ1v) is 17.9. The molecule has 0 unspecified atom stereocenters. The molecule has 0 heterocycles. The zero-order valence-electron chi connectivity index (χ0n) is 29.8. The molecule has 0 aliphatic rings. The standard InChI is InChI=1S/C44H54O5/c1-35(2)43(37-19-9-5-10-20-37,38-21-11-6-12-22-38)41(45)27-17-29-47-31-33-49-34-32-48-30-18-28-42(46)44(36(3)4,39-23-13-7-14-24-39)40-25-15-8-16-26-40/h5-16,19-26,35-36H,17-18,27-34H2,1-4H3. The van der Waals surface area contributed by atoms with Gasteiger partial charge in [-0.25, -0.2) is 0 Å². The average molecular weight is 663 g/mol. The van der Waals surface area contributed by atoms with Crippen molar-refractivity contribution in [1.29, 1.82) is 0 Å². The lowest BCUT2D eigenvalue weighted by molar-refractivity contribution is -0.125. The lowest BCUT2D eigenvalue weighted by Crippen LogP contribution is -2.42. The number of rotatable bonds is 22. The van der Waals surface area contributed by atoms with Crippen molar-refractivity contribution >= 4 is 11.6 Å². The van der Waals surface area contributed by atoms with Gasteiger partial charge in [0.05, 0.1) is 37.3 Å². The van der Waals surface area contributed by atoms with Crippen LogP contribution in [0.3, 0.4) is 0 Å². The second-order valence-electron chi connectivity index (χ2n) is 13.3. The van der Waals surface area contributed by atoms with Crippen molar-refractivity contribution in [3.63, 3.8) is 0 Å². The third-order valence-corrected chi connectivity index (χ3v) is 9.66. The highest BCUT2D eigenvalue weighted by molar-refractivity contribution is 5.95. The van der Waals surface area contributed by atoms with E-state index in [1.54, 1.807) is 0 Å². The van der Waals surface area contributed by atoms with Crippen LogP contribution in [0, 0.1) is 11.8 Å². The molecule has 0 fully saturated rings. The minimum atomic E-state index is -0.694. The van der Waals surface area contributed by atoms with Crippen molar-refractivity contribution < 1.29 is 23.8 Å². The molecular formula is C44H54O5. The monoisotopic (exact) mass is 662 g/mol. The highest BCUT2D eigenvalue weighted by Gasteiger charge is 2.44. The highest BCUT2D eigenvalue weighted by atomic mass is 16.5.